The number of benzene rings is 2. The van der Waals surface area contributed by atoms with Crippen LogP contribution in [0.15, 0.2) is 53.5 Å². The van der Waals surface area contributed by atoms with Crippen LogP contribution in [0.2, 0.25) is 0 Å². The van der Waals surface area contributed by atoms with Crippen molar-refractivity contribution < 1.29 is 4.74 Å². The minimum atomic E-state index is 0.00238. The molecule has 0 spiro atoms. The average Bonchev–Trinajstić information content (AvgIpc) is 2.64. The Morgan fingerprint density at radius 1 is 1.19 bits per heavy atom. The van der Waals surface area contributed by atoms with E-state index in [4.69, 9.17) is 10.00 Å². The summed E-state index contributed by atoms with van der Waals surface area (Å²) in [4.78, 5) is 4.58. The molecule has 2 N–H and O–H groups in total. The Hall–Kier alpha value is -3.00. The van der Waals surface area contributed by atoms with Crippen LogP contribution in [0.3, 0.4) is 0 Å². The lowest BCUT2D eigenvalue weighted by molar-refractivity contribution is 0.223. The van der Waals surface area contributed by atoms with Gasteiger partial charge in [0.25, 0.3) is 0 Å². The van der Waals surface area contributed by atoms with Crippen molar-refractivity contribution in [1.29, 1.82) is 5.26 Å². The first kappa shape index (κ1) is 19.3. The third-order valence-corrected chi connectivity index (χ3v) is 3.70. The van der Waals surface area contributed by atoms with Gasteiger partial charge < -0.3 is 15.4 Å². The predicted molar refractivity (Wildman–Crippen MR) is 105 cm³/mol. The zero-order chi connectivity index (χ0) is 18.8. The molecule has 0 aromatic heterocycles. The van der Waals surface area contributed by atoms with Gasteiger partial charge in [-0.3, -0.25) is 0 Å². The zero-order valence-electron chi connectivity index (χ0n) is 15.6. The Kier molecular flexibility index (Phi) is 7.50. The van der Waals surface area contributed by atoms with Crippen LogP contribution in [-0.4, -0.2) is 25.2 Å². The smallest absolute Gasteiger partial charge is 0.191 e. The van der Waals surface area contributed by atoms with Gasteiger partial charge in [0.05, 0.1) is 24.7 Å². The molecule has 26 heavy (non-hydrogen) atoms. The molecule has 0 aliphatic carbocycles. The molecule has 136 valence electrons. The van der Waals surface area contributed by atoms with E-state index in [1.165, 1.54) is 5.56 Å². The van der Waals surface area contributed by atoms with Crippen molar-refractivity contribution in [3.8, 4) is 11.8 Å². The zero-order valence-corrected chi connectivity index (χ0v) is 15.6. The van der Waals surface area contributed by atoms with E-state index in [-0.39, 0.29) is 6.10 Å². The van der Waals surface area contributed by atoms with Gasteiger partial charge in [0.15, 0.2) is 5.96 Å². The molecule has 2 aromatic carbocycles. The van der Waals surface area contributed by atoms with Crippen molar-refractivity contribution in [1.82, 2.24) is 10.6 Å². The number of guanidine groups is 1. The fourth-order valence-corrected chi connectivity index (χ4v) is 2.45. The lowest BCUT2D eigenvalue weighted by Crippen LogP contribution is -2.41. The molecule has 2 aromatic rings. The Morgan fingerprint density at radius 3 is 2.73 bits per heavy atom. The molecule has 0 bridgehead atoms. The summed E-state index contributed by atoms with van der Waals surface area (Å²) < 4.78 is 5.94. The van der Waals surface area contributed by atoms with Crippen molar-refractivity contribution in [2.75, 3.05) is 13.1 Å². The van der Waals surface area contributed by atoms with Crippen molar-refractivity contribution in [3.05, 3.63) is 65.2 Å². The molecule has 0 aliphatic heterocycles. The topological polar surface area (TPSA) is 69.4 Å². The molecule has 0 amide bonds. The number of hydrogen-bond acceptors (Lipinski definition) is 3. The number of hydrogen-bond donors (Lipinski definition) is 2. The highest BCUT2D eigenvalue weighted by atomic mass is 16.5. The van der Waals surface area contributed by atoms with Gasteiger partial charge >= 0.3 is 0 Å². The van der Waals surface area contributed by atoms with Gasteiger partial charge in [-0.25, -0.2) is 4.99 Å². The molecule has 0 radical (unpaired) electrons. The number of nitrogens with one attached hydrogen (secondary N) is 2. The van der Waals surface area contributed by atoms with Gasteiger partial charge in [-0.05, 0) is 56.2 Å². The maximum Gasteiger partial charge on any atom is 0.191 e. The van der Waals surface area contributed by atoms with Crippen LogP contribution in [0, 0.1) is 18.3 Å². The lowest BCUT2D eigenvalue weighted by atomic mass is 10.1. The summed E-state index contributed by atoms with van der Waals surface area (Å²) in [6.45, 7) is 8.02. The van der Waals surface area contributed by atoms with E-state index in [9.17, 15) is 0 Å². The highest BCUT2D eigenvalue weighted by molar-refractivity contribution is 5.79. The highest BCUT2D eigenvalue weighted by Gasteiger charge is 2.06. The second-order valence-corrected chi connectivity index (χ2v) is 6.13. The Bertz CT molecular complexity index is 780. The van der Waals surface area contributed by atoms with E-state index < -0.39 is 0 Å². The first-order valence-corrected chi connectivity index (χ1v) is 8.85. The van der Waals surface area contributed by atoms with Gasteiger partial charge in [-0.2, -0.15) is 5.26 Å². The van der Waals surface area contributed by atoms with Crippen LogP contribution in [0.25, 0.3) is 0 Å². The van der Waals surface area contributed by atoms with Crippen LogP contribution in [0.5, 0.6) is 5.75 Å². The molecule has 5 heteroatoms. The molecular weight excluding hydrogens is 324 g/mol. The summed E-state index contributed by atoms with van der Waals surface area (Å²) >= 11 is 0. The molecule has 5 nitrogen and oxygen atoms in total. The van der Waals surface area contributed by atoms with E-state index in [0.717, 1.165) is 23.8 Å². The maximum absolute atomic E-state index is 8.98. The number of aliphatic imine (C=N–C) groups is 1. The maximum atomic E-state index is 8.98. The minimum absolute atomic E-state index is 0.00238. The van der Waals surface area contributed by atoms with Crippen LogP contribution >= 0.6 is 0 Å². The number of nitrogens with zero attached hydrogens (tertiary/aromatic N) is 2. The van der Waals surface area contributed by atoms with Crippen molar-refractivity contribution in [2.45, 2.75) is 33.4 Å². The predicted octanol–water partition coefficient (Wildman–Crippen LogP) is 3.39. The van der Waals surface area contributed by atoms with Gasteiger partial charge in [0.2, 0.25) is 0 Å². The molecule has 0 saturated heterocycles. The van der Waals surface area contributed by atoms with E-state index in [2.05, 4.69) is 21.7 Å². The summed E-state index contributed by atoms with van der Waals surface area (Å²) in [6.07, 6.45) is 0.00238. The Labute approximate surface area is 155 Å². The fraction of sp³-hybridized carbons (Fsp3) is 0.333. The highest BCUT2D eigenvalue weighted by Crippen LogP contribution is 2.13. The summed E-state index contributed by atoms with van der Waals surface area (Å²) in [5.41, 5.74) is 2.83. The Morgan fingerprint density at radius 2 is 2.00 bits per heavy atom. The normalized spacial score (nSPS) is 12.2. The largest absolute Gasteiger partial charge is 0.489 e. The van der Waals surface area contributed by atoms with Gasteiger partial charge in [0.1, 0.15) is 11.9 Å². The number of ether oxygens (including phenoxy) is 1. The molecular formula is C21H26N4O. The van der Waals surface area contributed by atoms with Gasteiger partial charge in [-0.15, -0.1) is 0 Å². The Balaban J connectivity index is 1.91. The SMILES string of the molecule is CCNC(=NCc1cccc(C#N)c1)NCC(C)Oc1cccc(C)c1. The van der Waals surface area contributed by atoms with Crippen molar-refractivity contribution >= 4 is 5.96 Å². The molecule has 0 heterocycles. The number of aryl methyl sites for hydroxylation is 1. The third-order valence-electron chi connectivity index (χ3n) is 3.70. The van der Waals surface area contributed by atoms with E-state index >= 15 is 0 Å². The molecule has 0 fully saturated rings. The summed E-state index contributed by atoms with van der Waals surface area (Å²) in [5.74, 6) is 1.60. The van der Waals surface area contributed by atoms with E-state index in [1.54, 1.807) is 6.07 Å². The monoisotopic (exact) mass is 350 g/mol. The minimum Gasteiger partial charge on any atom is -0.489 e. The molecule has 1 unspecified atom stereocenters. The van der Waals surface area contributed by atoms with Crippen molar-refractivity contribution in [2.24, 2.45) is 4.99 Å². The molecule has 2 rings (SSSR count). The molecule has 0 saturated carbocycles. The van der Waals surface area contributed by atoms with E-state index in [0.29, 0.717) is 18.7 Å². The lowest BCUT2D eigenvalue weighted by Gasteiger charge is -2.18. The van der Waals surface area contributed by atoms with Crippen LogP contribution in [0.4, 0.5) is 0 Å². The first-order valence-electron chi connectivity index (χ1n) is 8.85. The van der Waals surface area contributed by atoms with E-state index in [1.807, 2.05) is 63.2 Å². The van der Waals surface area contributed by atoms with Gasteiger partial charge in [-0.1, -0.05) is 24.3 Å². The second kappa shape index (κ2) is 10.1. The van der Waals surface area contributed by atoms with Crippen LogP contribution in [-0.2, 0) is 6.54 Å². The molecule has 0 aliphatic rings. The third kappa shape index (κ3) is 6.48. The fourth-order valence-electron chi connectivity index (χ4n) is 2.45. The summed E-state index contributed by atoms with van der Waals surface area (Å²) in [5, 5.41) is 15.5. The summed E-state index contributed by atoms with van der Waals surface area (Å²) in [6, 6.07) is 17.7. The molecule has 1 atom stereocenters. The number of rotatable bonds is 7. The van der Waals surface area contributed by atoms with Crippen LogP contribution < -0.4 is 15.4 Å². The van der Waals surface area contributed by atoms with Gasteiger partial charge in [0, 0.05) is 6.54 Å². The second-order valence-electron chi connectivity index (χ2n) is 6.13. The standard InChI is InChI=1S/C21H26N4O/c1-4-23-21(25-15-19-9-6-8-18(12-19)13-22)24-14-17(3)26-20-10-5-7-16(2)11-20/h5-12,17H,4,14-15H2,1-3H3,(H2,23,24,25). The summed E-state index contributed by atoms with van der Waals surface area (Å²) in [7, 11) is 0. The number of nitriles is 1. The van der Waals surface area contributed by atoms with Crippen molar-refractivity contribution in [3.63, 3.8) is 0 Å². The average molecular weight is 350 g/mol. The quantitative estimate of drug-likeness (QED) is 0.593. The van der Waals surface area contributed by atoms with Crippen LogP contribution in [0.1, 0.15) is 30.5 Å². The first-order chi connectivity index (χ1) is 12.6.